The molecule has 0 fully saturated rings. The Kier molecular flexibility index (Phi) is 2.33. The van der Waals surface area contributed by atoms with Crippen molar-refractivity contribution in [2.75, 3.05) is 6.54 Å². The molecule has 0 aliphatic carbocycles. The molecule has 72 valence electrons. The first-order valence-electron chi connectivity index (χ1n) is 4.62. The third kappa shape index (κ3) is 1.54. The van der Waals surface area contributed by atoms with Gasteiger partial charge in [-0.3, -0.25) is 5.10 Å². The van der Waals surface area contributed by atoms with E-state index in [1.54, 1.807) is 0 Å². The van der Waals surface area contributed by atoms with Crippen LogP contribution in [0, 0.1) is 6.92 Å². The van der Waals surface area contributed by atoms with Crippen molar-refractivity contribution < 1.29 is 0 Å². The molecule has 0 spiro atoms. The number of benzene rings is 1. The predicted molar refractivity (Wildman–Crippen MR) is 58.9 cm³/mol. The Morgan fingerprint density at radius 1 is 1.50 bits per heavy atom. The van der Waals surface area contributed by atoms with E-state index in [9.17, 15) is 0 Å². The van der Waals surface area contributed by atoms with E-state index < -0.39 is 0 Å². The van der Waals surface area contributed by atoms with Gasteiger partial charge in [-0.25, -0.2) is 0 Å². The molecule has 3 nitrogen and oxygen atoms in total. The fourth-order valence-electron chi connectivity index (χ4n) is 1.47. The SMILES string of the molecule is Cc1[nH]nc2cc(C=CCN)ccc12. The molecule has 0 radical (unpaired) electrons. The van der Waals surface area contributed by atoms with Crippen LogP contribution in [0.15, 0.2) is 24.3 Å². The van der Waals surface area contributed by atoms with Crippen LogP contribution >= 0.6 is 0 Å². The first kappa shape index (κ1) is 8.97. The summed E-state index contributed by atoms with van der Waals surface area (Å²) in [5.74, 6) is 0. The molecular formula is C11H13N3. The summed E-state index contributed by atoms with van der Waals surface area (Å²) >= 11 is 0. The zero-order valence-electron chi connectivity index (χ0n) is 8.12. The van der Waals surface area contributed by atoms with E-state index in [0.29, 0.717) is 6.54 Å². The fourth-order valence-corrected chi connectivity index (χ4v) is 1.47. The van der Waals surface area contributed by atoms with Crippen LogP contribution in [0.5, 0.6) is 0 Å². The molecule has 0 bridgehead atoms. The van der Waals surface area contributed by atoms with E-state index in [2.05, 4.69) is 22.3 Å². The van der Waals surface area contributed by atoms with Crippen molar-refractivity contribution in [3.05, 3.63) is 35.5 Å². The lowest BCUT2D eigenvalue weighted by molar-refractivity contribution is 1.07. The molecule has 0 aliphatic heterocycles. The Bertz CT molecular complexity index is 468. The monoisotopic (exact) mass is 187 g/mol. The molecule has 0 unspecified atom stereocenters. The molecule has 14 heavy (non-hydrogen) atoms. The van der Waals surface area contributed by atoms with Crippen LogP contribution in [-0.2, 0) is 0 Å². The van der Waals surface area contributed by atoms with E-state index in [1.165, 1.54) is 5.39 Å². The van der Waals surface area contributed by atoms with Gasteiger partial charge in [0, 0.05) is 17.6 Å². The molecule has 3 N–H and O–H groups in total. The summed E-state index contributed by atoms with van der Waals surface area (Å²) < 4.78 is 0. The van der Waals surface area contributed by atoms with Crippen molar-refractivity contribution in [2.45, 2.75) is 6.92 Å². The smallest absolute Gasteiger partial charge is 0.0929 e. The Balaban J connectivity index is 2.47. The Hall–Kier alpha value is -1.61. The van der Waals surface area contributed by atoms with Gasteiger partial charge in [0.15, 0.2) is 0 Å². The molecule has 0 saturated heterocycles. The molecular weight excluding hydrogens is 174 g/mol. The van der Waals surface area contributed by atoms with Gasteiger partial charge in [0.1, 0.15) is 0 Å². The third-order valence-electron chi connectivity index (χ3n) is 2.22. The van der Waals surface area contributed by atoms with Crippen molar-refractivity contribution in [2.24, 2.45) is 5.73 Å². The van der Waals surface area contributed by atoms with Crippen LogP contribution in [0.4, 0.5) is 0 Å². The summed E-state index contributed by atoms with van der Waals surface area (Å²) in [6.45, 7) is 2.59. The van der Waals surface area contributed by atoms with Gasteiger partial charge in [0.2, 0.25) is 0 Å². The highest BCUT2D eigenvalue weighted by molar-refractivity contribution is 5.83. The molecule has 1 aromatic carbocycles. The number of aromatic nitrogens is 2. The quantitative estimate of drug-likeness (QED) is 0.753. The molecule has 0 amide bonds. The normalized spacial score (nSPS) is 11.6. The molecule has 1 aromatic heterocycles. The van der Waals surface area contributed by atoms with Gasteiger partial charge in [-0.2, -0.15) is 5.10 Å². The van der Waals surface area contributed by atoms with Crippen LogP contribution in [0.3, 0.4) is 0 Å². The van der Waals surface area contributed by atoms with Gasteiger partial charge in [-0.05, 0) is 18.6 Å². The Morgan fingerprint density at radius 3 is 3.14 bits per heavy atom. The topological polar surface area (TPSA) is 54.7 Å². The lowest BCUT2D eigenvalue weighted by Crippen LogP contribution is -1.91. The first-order valence-corrected chi connectivity index (χ1v) is 4.62. The number of fused-ring (bicyclic) bond motifs is 1. The van der Waals surface area contributed by atoms with Gasteiger partial charge >= 0.3 is 0 Å². The minimum atomic E-state index is 0.567. The average molecular weight is 187 g/mol. The molecule has 0 aliphatic rings. The number of aromatic amines is 1. The van der Waals surface area contributed by atoms with Crippen LogP contribution in [0.25, 0.3) is 17.0 Å². The van der Waals surface area contributed by atoms with E-state index in [0.717, 1.165) is 16.8 Å². The number of H-pyrrole nitrogens is 1. The Labute approximate surface area is 82.6 Å². The second kappa shape index (κ2) is 3.64. The number of nitrogens with zero attached hydrogens (tertiary/aromatic N) is 1. The lowest BCUT2D eigenvalue weighted by Gasteiger charge is -1.93. The summed E-state index contributed by atoms with van der Waals surface area (Å²) in [4.78, 5) is 0. The number of aryl methyl sites for hydroxylation is 1. The maximum atomic E-state index is 5.38. The Morgan fingerprint density at radius 2 is 2.36 bits per heavy atom. The number of hydrogen-bond acceptors (Lipinski definition) is 2. The molecule has 0 saturated carbocycles. The van der Waals surface area contributed by atoms with E-state index in [-0.39, 0.29) is 0 Å². The molecule has 0 atom stereocenters. The third-order valence-corrected chi connectivity index (χ3v) is 2.22. The van der Waals surface area contributed by atoms with E-state index in [4.69, 9.17) is 5.73 Å². The highest BCUT2D eigenvalue weighted by Crippen LogP contribution is 2.17. The van der Waals surface area contributed by atoms with Crippen LogP contribution in [0.1, 0.15) is 11.3 Å². The zero-order valence-corrected chi connectivity index (χ0v) is 8.12. The van der Waals surface area contributed by atoms with Crippen molar-refractivity contribution in [1.29, 1.82) is 0 Å². The molecule has 3 heteroatoms. The largest absolute Gasteiger partial charge is 0.327 e. The minimum Gasteiger partial charge on any atom is -0.327 e. The maximum Gasteiger partial charge on any atom is 0.0929 e. The highest BCUT2D eigenvalue weighted by Gasteiger charge is 1.99. The second-order valence-electron chi connectivity index (χ2n) is 3.26. The summed E-state index contributed by atoms with van der Waals surface area (Å²) in [6, 6.07) is 6.19. The van der Waals surface area contributed by atoms with Crippen molar-refractivity contribution in [1.82, 2.24) is 10.2 Å². The number of rotatable bonds is 2. The van der Waals surface area contributed by atoms with Crippen LogP contribution in [-0.4, -0.2) is 16.7 Å². The highest BCUT2D eigenvalue weighted by atomic mass is 15.1. The summed E-state index contributed by atoms with van der Waals surface area (Å²) in [7, 11) is 0. The van der Waals surface area contributed by atoms with E-state index >= 15 is 0 Å². The molecule has 2 rings (SSSR count). The lowest BCUT2D eigenvalue weighted by atomic mass is 10.1. The molecule has 2 aromatic rings. The number of nitrogens with two attached hydrogens (primary N) is 1. The maximum absolute atomic E-state index is 5.38. The van der Waals surface area contributed by atoms with Gasteiger partial charge in [-0.1, -0.05) is 24.3 Å². The summed E-state index contributed by atoms with van der Waals surface area (Å²) in [5, 5.41) is 8.33. The zero-order chi connectivity index (χ0) is 9.97. The minimum absolute atomic E-state index is 0.567. The van der Waals surface area contributed by atoms with E-state index in [1.807, 2.05) is 25.1 Å². The summed E-state index contributed by atoms with van der Waals surface area (Å²) in [6.07, 6.45) is 3.93. The first-order chi connectivity index (χ1) is 6.81. The van der Waals surface area contributed by atoms with Crippen molar-refractivity contribution in [3.8, 4) is 0 Å². The number of nitrogens with one attached hydrogen (secondary N) is 1. The van der Waals surface area contributed by atoms with Gasteiger partial charge in [0.25, 0.3) is 0 Å². The van der Waals surface area contributed by atoms with Crippen LogP contribution < -0.4 is 5.73 Å². The van der Waals surface area contributed by atoms with Gasteiger partial charge in [-0.15, -0.1) is 0 Å². The van der Waals surface area contributed by atoms with Crippen molar-refractivity contribution >= 4 is 17.0 Å². The summed E-state index contributed by atoms with van der Waals surface area (Å²) in [5.41, 5.74) is 8.63. The average Bonchev–Trinajstić information content (AvgIpc) is 2.57. The second-order valence-corrected chi connectivity index (χ2v) is 3.26. The standard InChI is InChI=1S/C11H13N3/c1-8-10-5-4-9(3-2-6-12)7-11(10)14-13-8/h2-5,7H,6,12H2,1H3,(H,13,14). The van der Waals surface area contributed by atoms with Gasteiger partial charge < -0.3 is 5.73 Å². The predicted octanol–water partition coefficient (Wildman–Crippen LogP) is 1.84. The fraction of sp³-hybridized carbons (Fsp3) is 0.182. The van der Waals surface area contributed by atoms with Gasteiger partial charge in [0.05, 0.1) is 5.52 Å². The number of hydrogen-bond donors (Lipinski definition) is 2. The van der Waals surface area contributed by atoms with Crippen molar-refractivity contribution in [3.63, 3.8) is 0 Å². The molecule has 1 heterocycles. The van der Waals surface area contributed by atoms with Crippen LogP contribution in [0.2, 0.25) is 0 Å².